The molecule has 1 N–H and O–H groups in total. The van der Waals surface area contributed by atoms with E-state index in [9.17, 15) is 4.79 Å². The van der Waals surface area contributed by atoms with Crippen molar-refractivity contribution < 1.29 is 4.79 Å². The normalized spacial score (nSPS) is 15.0. The molecule has 0 saturated carbocycles. The van der Waals surface area contributed by atoms with Gasteiger partial charge in [0.25, 0.3) is 0 Å². The van der Waals surface area contributed by atoms with Gasteiger partial charge < -0.3 is 10.2 Å². The summed E-state index contributed by atoms with van der Waals surface area (Å²) < 4.78 is 0. The van der Waals surface area contributed by atoms with E-state index in [1.165, 1.54) is 0 Å². The number of carbonyl (C=O) groups is 1. The summed E-state index contributed by atoms with van der Waals surface area (Å²) in [5.74, 6) is -0.0107. The Bertz CT molecular complexity index is 380. The SMILES string of the molecule is CCN1CC(=O)Nc2cnc(Cl)cc21. The van der Waals surface area contributed by atoms with Crippen LogP contribution < -0.4 is 10.2 Å². The van der Waals surface area contributed by atoms with E-state index in [0.29, 0.717) is 11.7 Å². The van der Waals surface area contributed by atoms with Gasteiger partial charge in [-0.3, -0.25) is 4.79 Å². The van der Waals surface area contributed by atoms with Crippen molar-refractivity contribution >= 4 is 28.9 Å². The van der Waals surface area contributed by atoms with Crippen LogP contribution in [0.2, 0.25) is 5.15 Å². The third-order valence-corrected chi connectivity index (χ3v) is 2.39. The minimum absolute atomic E-state index is 0.0107. The van der Waals surface area contributed by atoms with Gasteiger partial charge in [-0.25, -0.2) is 4.98 Å². The van der Waals surface area contributed by atoms with Crippen LogP contribution in [0.15, 0.2) is 12.3 Å². The molecule has 0 aromatic carbocycles. The molecule has 1 aliphatic rings. The molecule has 1 aromatic rings. The van der Waals surface area contributed by atoms with Crippen LogP contribution in [0.5, 0.6) is 0 Å². The highest BCUT2D eigenvalue weighted by Gasteiger charge is 2.20. The molecular formula is C9H10ClN3O. The minimum Gasteiger partial charge on any atom is -0.361 e. The Morgan fingerprint density at radius 3 is 3.21 bits per heavy atom. The molecule has 0 unspecified atom stereocenters. The number of rotatable bonds is 1. The topological polar surface area (TPSA) is 45.2 Å². The highest BCUT2D eigenvalue weighted by molar-refractivity contribution is 6.29. The van der Waals surface area contributed by atoms with E-state index in [2.05, 4.69) is 10.3 Å². The Labute approximate surface area is 86.9 Å². The molecule has 0 spiro atoms. The Balaban J connectivity index is 2.46. The average Bonchev–Trinajstić information content (AvgIpc) is 2.17. The van der Waals surface area contributed by atoms with Gasteiger partial charge in [0, 0.05) is 12.6 Å². The average molecular weight is 212 g/mol. The summed E-state index contributed by atoms with van der Waals surface area (Å²) in [5, 5.41) is 3.19. The lowest BCUT2D eigenvalue weighted by atomic mass is 10.2. The Kier molecular flexibility index (Phi) is 2.29. The van der Waals surface area contributed by atoms with Crippen molar-refractivity contribution in [1.82, 2.24) is 4.98 Å². The van der Waals surface area contributed by atoms with Crippen molar-refractivity contribution in [3.05, 3.63) is 17.4 Å². The van der Waals surface area contributed by atoms with Crippen LogP contribution in [0.1, 0.15) is 6.92 Å². The van der Waals surface area contributed by atoms with Crippen molar-refractivity contribution in [2.75, 3.05) is 23.3 Å². The molecule has 0 atom stereocenters. The fourth-order valence-corrected chi connectivity index (χ4v) is 1.66. The number of amides is 1. The summed E-state index contributed by atoms with van der Waals surface area (Å²) >= 11 is 5.78. The zero-order valence-corrected chi connectivity index (χ0v) is 8.51. The summed E-state index contributed by atoms with van der Waals surface area (Å²) in [4.78, 5) is 17.1. The number of carbonyl (C=O) groups excluding carboxylic acids is 1. The van der Waals surface area contributed by atoms with E-state index in [0.717, 1.165) is 17.9 Å². The summed E-state index contributed by atoms with van der Waals surface area (Å²) in [6.07, 6.45) is 1.58. The van der Waals surface area contributed by atoms with Crippen LogP contribution in [0.4, 0.5) is 11.4 Å². The van der Waals surface area contributed by atoms with E-state index < -0.39 is 0 Å². The number of fused-ring (bicyclic) bond motifs is 1. The predicted octanol–water partition coefficient (Wildman–Crippen LogP) is 1.51. The van der Waals surface area contributed by atoms with E-state index >= 15 is 0 Å². The first kappa shape index (κ1) is 9.27. The maximum Gasteiger partial charge on any atom is 0.243 e. The number of nitrogens with zero attached hydrogens (tertiary/aromatic N) is 2. The standard InChI is InChI=1S/C9H10ClN3O/c1-2-13-5-9(14)12-6-4-11-8(10)3-7(6)13/h3-4H,2,5H2,1H3,(H,12,14). The number of likely N-dealkylation sites (N-methyl/N-ethyl adjacent to an activating group) is 1. The molecular weight excluding hydrogens is 202 g/mol. The third kappa shape index (κ3) is 1.53. The molecule has 1 amide bonds. The minimum atomic E-state index is -0.0107. The monoisotopic (exact) mass is 211 g/mol. The van der Waals surface area contributed by atoms with Gasteiger partial charge in [0.15, 0.2) is 0 Å². The van der Waals surface area contributed by atoms with Crippen LogP contribution in [0.25, 0.3) is 0 Å². The summed E-state index contributed by atoms with van der Waals surface area (Å²) in [5.41, 5.74) is 1.67. The predicted molar refractivity (Wildman–Crippen MR) is 55.8 cm³/mol. The molecule has 0 fully saturated rings. The van der Waals surface area contributed by atoms with E-state index in [4.69, 9.17) is 11.6 Å². The zero-order chi connectivity index (χ0) is 10.1. The van der Waals surface area contributed by atoms with E-state index in [1.807, 2.05) is 11.8 Å². The maximum atomic E-state index is 11.3. The van der Waals surface area contributed by atoms with Gasteiger partial charge in [-0.15, -0.1) is 0 Å². The summed E-state index contributed by atoms with van der Waals surface area (Å²) in [7, 11) is 0. The van der Waals surface area contributed by atoms with E-state index in [-0.39, 0.29) is 5.91 Å². The maximum absolute atomic E-state index is 11.3. The van der Waals surface area contributed by atoms with Gasteiger partial charge in [0.1, 0.15) is 5.15 Å². The molecule has 5 heteroatoms. The van der Waals surface area contributed by atoms with Crippen molar-refractivity contribution in [3.63, 3.8) is 0 Å². The number of aromatic nitrogens is 1. The van der Waals surface area contributed by atoms with Crippen LogP contribution in [-0.4, -0.2) is 24.0 Å². The van der Waals surface area contributed by atoms with Crippen molar-refractivity contribution in [1.29, 1.82) is 0 Å². The fourth-order valence-electron chi connectivity index (χ4n) is 1.51. The van der Waals surface area contributed by atoms with Crippen LogP contribution in [-0.2, 0) is 4.79 Å². The van der Waals surface area contributed by atoms with Crippen LogP contribution >= 0.6 is 11.6 Å². The second kappa shape index (κ2) is 3.46. The Morgan fingerprint density at radius 1 is 1.71 bits per heavy atom. The highest BCUT2D eigenvalue weighted by atomic mass is 35.5. The lowest BCUT2D eigenvalue weighted by Gasteiger charge is -2.29. The number of nitrogens with one attached hydrogen (secondary N) is 1. The lowest BCUT2D eigenvalue weighted by molar-refractivity contribution is -0.115. The quantitative estimate of drug-likeness (QED) is 0.717. The van der Waals surface area contributed by atoms with Gasteiger partial charge in [0.2, 0.25) is 5.91 Å². The fraction of sp³-hybridized carbons (Fsp3) is 0.333. The molecule has 1 aliphatic heterocycles. The van der Waals surface area contributed by atoms with Gasteiger partial charge in [-0.1, -0.05) is 11.6 Å². The van der Waals surface area contributed by atoms with Gasteiger partial charge in [-0.2, -0.15) is 0 Å². The molecule has 4 nitrogen and oxygen atoms in total. The Hall–Kier alpha value is -1.29. The first-order valence-corrected chi connectivity index (χ1v) is 4.79. The van der Waals surface area contributed by atoms with Crippen LogP contribution in [0, 0.1) is 0 Å². The van der Waals surface area contributed by atoms with Gasteiger partial charge >= 0.3 is 0 Å². The zero-order valence-electron chi connectivity index (χ0n) is 7.75. The third-order valence-electron chi connectivity index (χ3n) is 2.18. The molecule has 2 rings (SSSR count). The number of anilines is 2. The molecule has 74 valence electrons. The summed E-state index contributed by atoms with van der Waals surface area (Å²) in [6.45, 7) is 3.15. The molecule has 1 aromatic heterocycles. The second-order valence-electron chi connectivity index (χ2n) is 3.09. The van der Waals surface area contributed by atoms with Crippen LogP contribution in [0.3, 0.4) is 0 Å². The smallest absolute Gasteiger partial charge is 0.243 e. The number of hydrogen-bond donors (Lipinski definition) is 1. The van der Waals surface area contributed by atoms with Crippen molar-refractivity contribution in [2.45, 2.75) is 6.92 Å². The number of pyridine rings is 1. The lowest BCUT2D eigenvalue weighted by Crippen LogP contribution is -2.38. The van der Waals surface area contributed by atoms with Crippen molar-refractivity contribution in [2.24, 2.45) is 0 Å². The van der Waals surface area contributed by atoms with Gasteiger partial charge in [0.05, 0.1) is 24.1 Å². The van der Waals surface area contributed by atoms with Gasteiger partial charge in [-0.05, 0) is 6.92 Å². The first-order chi connectivity index (χ1) is 6.70. The van der Waals surface area contributed by atoms with E-state index in [1.54, 1.807) is 12.3 Å². The Morgan fingerprint density at radius 2 is 2.50 bits per heavy atom. The molecule has 0 saturated heterocycles. The molecule has 0 bridgehead atoms. The molecule has 0 aliphatic carbocycles. The second-order valence-corrected chi connectivity index (χ2v) is 3.47. The molecule has 14 heavy (non-hydrogen) atoms. The number of halogens is 1. The highest BCUT2D eigenvalue weighted by Crippen LogP contribution is 2.30. The first-order valence-electron chi connectivity index (χ1n) is 4.41. The molecule has 2 heterocycles. The van der Waals surface area contributed by atoms with Crippen molar-refractivity contribution in [3.8, 4) is 0 Å². The molecule has 0 radical (unpaired) electrons. The largest absolute Gasteiger partial charge is 0.361 e. The number of hydrogen-bond acceptors (Lipinski definition) is 3. The summed E-state index contributed by atoms with van der Waals surface area (Å²) in [6, 6.07) is 1.76.